The zero-order chi connectivity index (χ0) is 21.7. The number of aromatic hydroxyl groups is 6. The normalized spacial score (nSPS) is 20.9. The van der Waals surface area contributed by atoms with E-state index in [4.69, 9.17) is 9.47 Å². The van der Waals surface area contributed by atoms with Gasteiger partial charge in [0, 0.05) is 11.1 Å². The largest absolute Gasteiger partial charge is 0.504 e. The van der Waals surface area contributed by atoms with Crippen molar-refractivity contribution in [1.29, 1.82) is 0 Å². The summed E-state index contributed by atoms with van der Waals surface area (Å²) in [4.78, 5) is 25.8. The first kappa shape index (κ1) is 19.5. The quantitative estimate of drug-likeness (QED) is 0.275. The molecule has 0 radical (unpaired) electrons. The van der Waals surface area contributed by atoms with Crippen LogP contribution in [0.25, 0.3) is 11.1 Å². The van der Waals surface area contributed by atoms with Gasteiger partial charge in [-0.05, 0) is 37.8 Å². The van der Waals surface area contributed by atoms with Crippen LogP contribution in [0.2, 0.25) is 0 Å². The molecule has 1 aliphatic heterocycles. The summed E-state index contributed by atoms with van der Waals surface area (Å²) in [5, 5.41) is 60.6. The van der Waals surface area contributed by atoms with Gasteiger partial charge >= 0.3 is 11.9 Å². The van der Waals surface area contributed by atoms with Crippen LogP contribution in [-0.2, 0) is 9.47 Å². The highest BCUT2D eigenvalue weighted by Crippen LogP contribution is 2.53. The number of carbonyl (C=O) groups excluding carboxylic acids is 2. The number of rotatable bonds is 0. The SMILES string of the molecule is O=C1OC2CCCCC2OC(=O)c2cc(O)c(O)c(O)c2-c2c1cc(O)c(O)c2O. The Labute approximate surface area is 169 Å². The molecule has 0 amide bonds. The van der Waals surface area contributed by atoms with Crippen molar-refractivity contribution < 1.29 is 49.7 Å². The van der Waals surface area contributed by atoms with Gasteiger partial charge < -0.3 is 40.1 Å². The highest BCUT2D eigenvalue weighted by molar-refractivity contribution is 6.08. The Balaban J connectivity index is 2.07. The van der Waals surface area contributed by atoms with Gasteiger partial charge in [-0.15, -0.1) is 0 Å². The molecule has 1 aliphatic carbocycles. The average molecular weight is 418 g/mol. The average Bonchev–Trinajstić information content (AvgIpc) is 2.71. The Kier molecular flexibility index (Phi) is 4.49. The molecule has 2 aromatic carbocycles. The number of esters is 2. The van der Waals surface area contributed by atoms with Gasteiger partial charge in [0.15, 0.2) is 23.0 Å². The first-order valence-corrected chi connectivity index (χ1v) is 9.18. The van der Waals surface area contributed by atoms with Gasteiger partial charge in [0.1, 0.15) is 12.2 Å². The third-order valence-electron chi connectivity index (χ3n) is 5.36. The predicted octanol–water partition coefficient (Wildman–Crippen LogP) is 2.23. The molecular weight excluding hydrogens is 400 g/mol. The van der Waals surface area contributed by atoms with Gasteiger partial charge in [0.05, 0.1) is 11.1 Å². The highest BCUT2D eigenvalue weighted by atomic mass is 16.6. The van der Waals surface area contributed by atoms with Crippen LogP contribution < -0.4 is 0 Å². The van der Waals surface area contributed by atoms with Gasteiger partial charge in [0.25, 0.3) is 0 Å². The smallest absolute Gasteiger partial charge is 0.339 e. The summed E-state index contributed by atoms with van der Waals surface area (Å²) < 4.78 is 10.9. The molecule has 158 valence electrons. The standard InChI is InChI=1S/C20H18O10/c21-9-5-7-13(17(25)15(9)23)14-8(6-10(22)16(24)18(14)26)20(28)30-12-4-2-1-3-11(12)29-19(7)27/h5-6,11-12,21-26H,1-4H2. The van der Waals surface area contributed by atoms with E-state index in [-0.39, 0.29) is 0 Å². The predicted molar refractivity (Wildman–Crippen MR) is 98.7 cm³/mol. The molecule has 0 saturated heterocycles. The summed E-state index contributed by atoms with van der Waals surface area (Å²) >= 11 is 0. The van der Waals surface area contributed by atoms with Crippen LogP contribution in [0.3, 0.4) is 0 Å². The molecule has 0 spiro atoms. The minimum absolute atomic E-state index is 0.411. The zero-order valence-electron chi connectivity index (χ0n) is 15.5. The zero-order valence-corrected chi connectivity index (χ0v) is 15.5. The van der Waals surface area contributed by atoms with Crippen LogP contribution in [0, 0.1) is 0 Å². The van der Waals surface area contributed by atoms with Crippen LogP contribution in [-0.4, -0.2) is 54.8 Å². The molecular formula is C20H18O10. The van der Waals surface area contributed by atoms with Gasteiger partial charge in [-0.25, -0.2) is 9.59 Å². The highest BCUT2D eigenvalue weighted by Gasteiger charge is 2.38. The molecule has 30 heavy (non-hydrogen) atoms. The van der Waals surface area contributed by atoms with Crippen LogP contribution in [0.5, 0.6) is 34.5 Å². The molecule has 6 N–H and O–H groups in total. The third kappa shape index (κ3) is 2.88. The molecule has 2 aliphatic rings. The lowest BCUT2D eigenvalue weighted by Gasteiger charge is -2.32. The van der Waals surface area contributed by atoms with E-state index in [2.05, 4.69) is 0 Å². The minimum atomic E-state index is -1.04. The fourth-order valence-electron chi connectivity index (χ4n) is 3.85. The second kappa shape index (κ2) is 6.90. The lowest BCUT2D eigenvalue weighted by atomic mass is 9.90. The van der Waals surface area contributed by atoms with E-state index >= 15 is 0 Å². The second-order valence-corrected chi connectivity index (χ2v) is 7.20. The van der Waals surface area contributed by atoms with Gasteiger partial charge in [-0.1, -0.05) is 0 Å². The number of benzene rings is 2. The first-order valence-electron chi connectivity index (χ1n) is 9.18. The minimum Gasteiger partial charge on any atom is -0.504 e. The summed E-state index contributed by atoms with van der Waals surface area (Å²) in [6, 6.07) is 1.62. The molecule has 10 nitrogen and oxygen atoms in total. The number of carbonyl (C=O) groups is 2. The maximum Gasteiger partial charge on any atom is 0.339 e. The van der Waals surface area contributed by atoms with Crippen LogP contribution in [0.4, 0.5) is 0 Å². The number of hydrogen-bond acceptors (Lipinski definition) is 10. The molecule has 1 heterocycles. The number of fused-ring (bicyclic) bond motifs is 4. The molecule has 1 saturated carbocycles. The van der Waals surface area contributed by atoms with Crippen molar-refractivity contribution in [3.8, 4) is 45.6 Å². The first-order chi connectivity index (χ1) is 14.2. The van der Waals surface area contributed by atoms with Crippen LogP contribution in [0.15, 0.2) is 12.1 Å². The van der Waals surface area contributed by atoms with Gasteiger partial charge in [-0.3, -0.25) is 0 Å². The number of hydrogen-bond donors (Lipinski definition) is 6. The van der Waals surface area contributed by atoms with Crippen LogP contribution >= 0.6 is 0 Å². The third-order valence-corrected chi connectivity index (χ3v) is 5.36. The molecule has 0 aromatic heterocycles. The number of phenols is 6. The van der Waals surface area contributed by atoms with E-state index in [0.29, 0.717) is 12.8 Å². The van der Waals surface area contributed by atoms with Gasteiger partial charge in [0.2, 0.25) is 11.5 Å². The Bertz CT molecular complexity index is 989. The van der Waals surface area contributed by atoms with E-state index in [1.165, 1.54) is 0 Å². The number of ether oxygens (including phenoxy) is 2. The van der Waals surface area contributed by atoms with Crippen molar-refractivity contribution in [1.82, 2.24) is 0 Å². The molecule has 4 rings (SSSR count). The lowest BCUT2D eigenvalue weighted by molar-refractivity contribution is -0.0516. The Morgan fingerprint density at radius 3 is 1.37 bits per heavy atom. The summed E-state index contributed by atoms with van der Waals surface area (Å²) in [7, 11) is 0. The fraction of sp³-hybridized carbons (Fsp3) is 0.300. The number of phenolic OH excluding ortho intramolecular Hbond substituents is 6. The Morgan fingerprint density at radius 2 is 1.00 bits per heavy atom. The van der Waals surface area contributed by atoms with Crippen molar-refractivity contribution in [2.45, 2.75) is 37.9 Å². The van der Waals surface area contributed by atoms with E-state index < -0.39 is 80.9 Å². The Hall–Kier alpha value is -3.82. The monoisotopic (exact) mass is 418 g/mol. The summed E-state index contributed by atoms with van der Waals surface area (Å²) in [6.07, 6.45) is 0.680. The van der Waals surface area contributed by atoms with E-state index in [0.717, 1.165) is 25.0 Å². The molecule has 2 unspecified atom stereocenters. The van der Waals surface area contributed by atoms with Gasteiger partial charge in [-0.2, -0.15) is 0 Å². The maximum atomic E-state index is 12.9. The molecule has 1 fully saturated rings. The molecule has 0 bridgehead atoms. The maximum absolute atomic E-state index is 12.9. The van der Waals surface area contributed by atoms with Crippen molar-refractivity contribution in [2.75, 3.05) is 0 Å². The summed E-state index contributed by atoms with van der Waals surface area (Å²) in [5.41, 5.74) is -2.10. The summed E-state index contributed by atoms with van der Waals surface area (Å²) in [6.45, 7) is 0. The van der Waals surface area contributed by atoms with Crippen molar-refractivity contribution in [2.24, 2.45) is 0 Å². The second-order valence-electron chi connectivity index (χ2n) is 7.20. The van der Waals surface area contributed by atoms with E-state index in [1.54, 1.807) is 0 Å². The topological polar surface area (TPSA) is 174 Å². The van der Waals surface area contributed by atoms with Crippen molar-refractivity contribution in [3.63, 3.8) is 0 Å². The van der Waals surface area contributed by atoms with Crippen LogP contribution in [0.1, 0.15) is 46.4 Å². The van der Waals surface area contributed by atoms with Crippen molar-refractivity contribution >= 4 is 11.9 Å². The molecule has 10 heteroatoms. The summed E-state index contributed by atoms with van der Waals surface area (Å²) in [5.74, 6) is -7.85. The molecule has 2 atom stereocenters. The molecule has 2 aromatic rings. The lowest BCUT2D eigenvalue weighted by Crippen LogP contribution is -2.38. The fourth-order valence-corrected chi connectivity index (χ4v) is 3.85. The van der Waals surface area contributed by atoms with E-state index in [1.807, 2.05) is 0 Å². The Morgan fingerprint density at radius 1 is 0.633 bits per heavy atom. The van der Waals surface area contributed by atoms with E-state index in [9.17, 15) is 40.2 Å². The van der Waals surface area contributed by atoms with Crippen molar-refractivity contribution in [3.05, 3.63) is 23.3 Å².